The number of guanidine groups is 1. The Kier molecular flexibility index (Phi) is 7.06. The molecule has 0 saturated heterocycles. The topological polar surface area (TPSA) is 178 Å². The number of aromatic nitrogens is 2. The Balaban J connectivity index is 1.86. The van der Waals surface area contributed by atoms with Gasteiger partial charge in [0.05, 0.1) is 36.9 Å². The summed E-state index contributed by atoms with van der Waals surface area (Å²) in [6.07, 6.45) is -0.124. The molecule has 13 heteroatoms. The molecule has 1 aliphatic rings. The van der Waals surface area contributed by atoms with Crippen LogP contribution in [0.2, 0.25) is 5.02 Å². The molecule has 3 atom stereocenters. The summed E-state index contributed by atoms with van der Waals surface area (Å²) >= 11 is 6.12. The molecule has 2 unspecified atom stereocenters. The molecule has 4 rings (SSSR count). The van der Waals surface area contributed by atoms with Gasteiger partial charge in [-0.15, -0.1) is 0 Å². The van der Waals surface area contributed by atoms with E-state index < -0.39 is 42.3 Å². The number of rotatable bonds is 8. The van der Waals surface area contributed by atoms with E-state index in [2.05, 4.69) is 20.7 Å². The Hall–Kier alpha value is -4.19. The van der Waals surface area contributed by atoms with Gasteiger partial charge in [-0.2, -0.15) is 5.10 Å². The number of amides is 2. The highest BCUT2D eigenvalue weighted by molar-refractivity contribution is 6.30. The first-order valence-corrected chi connectivity index (χ1v) is 11.3. The maximum Gasteiger partial charge on any atom is 0.304 e. The molecule has 2 aromatic carbocycles. The molecule has 1 aromatic heterocycles. The van der Waals surface area contributed by atoms with Crippen LogP contribution in [0.15, 0.2) is 47.6 Å². The van der Waals surface area contributed by atoms with Crippen molar-refractivity contribution in [2.24, 2.45) is 16.5 Å². The number of fused-ring (bicyclic) bond motifs is 1. The van der Waals surface area contributed by atoms with Gasteiger partial charge in [0.1, 0.15) is 12.2 Å². The first-order chi connectivity index (χ1) is 17.1. The largest absolute Gasteiger partial charge is 0.481 e. The molecule has 188 valence electrons. The third-order valence-electron chi connectivity index (χ3n) is 5.80. The number of aliphatic imine (C=N–C) groups is 1. The van der Waals surface area contributed by atoms with Crippen molar-refractivity contribution in [2.75, 3.05) is 18.4 Å². The van der Waals surface area contributed by atoms with Gasteiger partial charge >= 0.3 is 5.97 Å². The van der Waals surface area contributed by atoms with Gasteiger partial charge in [-0.25, -0.2) is 9.38 Å². The standard InChI is InChI=1S/C23H23ClFN7O4/c24-13-3-1-2-11(4-13)15(7-19(33)34)20(22(27)36)32-18-6-12(21(26)35)5-17(16(18)10-30-32)31-23-28-8-14(25)9-29-23/h1-6,10,14-15,20H,7-9H2,(H2,26,35)(H2,27,36)(H,33,34)(H2,28,29,31)/t15-,20?/m0/s1. The molecule has 3 aromatic rings. The van der Waals surface area contributed by atoms with E-state index >= 15 is 0 Å². The second kappa shape index (κ2) is 10.2. The number of nitrogens with one attached hydrogen (secondary N) is 2. The third kappa shape index (κ3) is 5.23. The van der Waals surface area contributed by atoms with Gasteiger partial charge in [0.15, 0.2) is 5.96 Å². The zero-order valence-corrected chi connectivity index (χ0v) is 19.6. The van der Waals surface area contributed by atoms with Crippen LogP contribution in [-0.4, -0.2) is 57.9 Å². The van der Waals surface area contributed by atoms with Crippen molar-refractivity contribution in [2.45, 2.75) is 24.6 Å². The van der Waals surface area contributed by atoms with Crippen LogP contribution in [0, 0.1) is 0 Å². The van der Waals surface area contributed by atoms with E-state index in [9.17, 15) is 23.9 Å². The fraction of sp³-hybridized carbons (Fsp3) is 0.261. The molecule has 11 nitrogen and oxygen atoms in total. The molecule has 0 spiro atoms. The van der Waals surface area contributed by atoms with Gasteiger partial charge in [0.2, 0.25) is 11.8 Å². The molecule has 36 heavy (non-hydrogen) atoms. The number of benzene rings is 2. The van der Waals surface area contributed by atoms with Gasteiger partial charge in [-0.1, -0.05) is 23.7 Å². The lowest BCUT2D eigenvalue weighted by Crippen LogP contribution is -2.41. The van der Waals surface area contributed by atoms with Gasteiger partial charge in [0, 0.05) is 21.9 Å². The summed E-state index contributed by atoms with van der Waals surface area (Å²) in [6, 6.07) is 8.14. The Morgan fingerprint density at radius 2 is 2.06 bits per heavy atom. The maximum absolute atomic E-state index is 13.5. The van der Waals surface area contributed by atoms with Crippen LogP contribution in [-0.2, 0) is 9.59 Å². The summed E-state index contributed by atoms with van der Waals surface area (Å²) in [5.74, 6) is -3.38. The lowest BCUT2D eigenvalue weighted by Gasteiger charge is -2.25. The minimum atomic E-state index is -1.24. The number of carboxylic acids is 1. The summed E-state index contributed by atoms with van der Waals surface area (Å²) in [5, 5.41) is 20.6. The Bertz CT molecular complexity index is 1380. The number of anilines is 1. The fourth-order valence-corrected chi connectivity index (χ4v) is 4.37. The number of nitrogens with zero attached hydrogens (tertiary/aromatic N) is 3. The number of alkyl halides is 1. The van der Waals surface area contributed by atoms with Crippen molar-refractivity contribution in [1.29, 1.82) is 0 Å². The Labute approximate surface area is 209 Å². The summed E-state index contributed by atoms with van der Waals surface area (Å²) in [7, 11) is 0. The summed E-state index contributed by atoms with van der Waals surface area (Å²) < 4.78 is 14.7. The number of hydrogen-bond acceptors (Lipinski definition) is 7. The van der Waals surface area contributed by atoms with E-state index in [1.54, 1.807) is 24.3 Å². The molecule has 1 aliphatic heterocycles. The number of primary amides is 2. The van der Waals surface area contributed by atoms with Crippen LogP contribution in [0.4, 0.5) is 10.1 Å². The monoisotopic (exact) mass is 515 g/mol. The molecule has 0 bridgehead atoms. The quantitative estimate of drug-likeness (QED) is 0.303. The van der Waals surface area contributed by atoms with Crippen LogP contribution >= 0.6 is 11.6 Å². The minimum absolute atomic E-state index is 0.0342. The smallest absolute Gasteiger partial charge is 0.304 e. The van der Waals surface area contributed by atoms with Gasteiger partial charge in [-0.3, -0.25) is 19.1 Å². The van der Waals surface area contributed by atoms with E-state index in [0.29, 0.717) is 27.2 Å². The number of halogens is 2. The fourth-order valence-electron chi connectivity index (χ4n) is 4.17. The van der Waals surface area contributed by atoms with Crippen molar-refractivity contribution in [3.63, 3.8) is 0 Å². The van der Waals surface area contributed by atoms with E-state index in [1.165, 1.54) is 23.0 Å². The summed E-state index contributed by atoms with van der Waals surface area (Å²) in [5.41, 5.74) is 12.5. The highest BCUT2D eigenvalue weighted by atomic mass is 35.5. The summed E-state index contributed by atoms with van der Waals surface area (Å²) in [4.78, 5) is 40.7. The predicted octanol–water partition coefficient (Wildman–Crippen LogP) is 1.78. The van der Waals surface area contributed by atoms with Crippen molar-refractivity contribution in [3.05, 3.63) is 58.7 Å². The molecule has 0 fully saturated rings. The van der Waals surface area contributed by atoms with Crippen LogP contribution in [0.3, 0.4) is 0 Å². The van der Waals surface area contributed by atoms with Crippen molar-refractivity contribution < 1.29 is 23.9 Å². The molecular formula is C23H23ClFN7O4. The minimum Gasteiger partial charge on any atom is -0.481 e. The number of carboxylic acid groups (broad SMARTS) is 1. The first-order valence-electron chi connectivity index (χ1n) is 10.9. The maximum atomic E-state index is 13.5. The molecule has 0 radical (unpaired) electrons. The highest BCUT2D eigenvalue weighted by Gasteiger charge is 2.34. The molecule has 0 saturated carbocycles. The third-order valence-corrected chi connectivity index (χ3v) is 6.03. The molecular weight excluding hydrogens is 493 g/mol. The van der Waals surface area contributed by atoms with Crippen LogP contribution < -0.4 is 22.1 Å². The Morgan fingerprint density at radius 3 is 2.67 bits per heavy atom. The van der Waals surface area contributed by atoms with E-state index in [4.69, 9.17) is 23.1 Å². The molecule has 2 amide bonds. The van der Waals surface area contributed by atoms with Crippen LogP contribution in [0.25, 0.3) is 10.9 Å². The lowest BCUT2D eigenvalue weighted by atomic mass is 9.88. The normalized spacial score (nSPS) is 17.1. The molecule has 2 heterocycles. The zero-order chi connectivity index (χ0) is 26.0. The number of nitrogens with two attached hydrogens (primary N) is 2. The number of carbonyl (C=O) groups is 3. The van der Waals surface area contributed by atoms with E-state index in [-0.39, 0.29) is 24.6 Å². The SMILES string of the molecule is NC(=O)c1cc(NC2=NCC(F)CN2)c2cnn(C(C(N)=O)[C@@H](CC(=O)O)c3cccc(Cl)c3)c2c1. The molecule has 0 aliphatic carbocycles. The van der Waals surface area contributed by atoms with Gasteiger partial charge in [0.25, 0.3) is 0 Å². The Morgan fingerprint density at radius 1 is 1.28 bits per heavy atom. The van der Waals surface area contributed by atoms with Gasteiger partial charge in [-0.05, 0) is 29.8 Å². The number of carbonyl (C=O) groups excluding carboxylic acids is 2. The zero-order valence-electron chi connectivity index (χ0n) is 18.8. The van der Waals surface area contributed by atoms with Crippen LogP contribution in [0.5, 0.6) is 0 Å². The number of hydrogen-bond donors (Lipinski definition) is 5. The lowest BCUT2D eigenvalue weighted by molar-refractivity contribution is -0.138. The van der Waals surface area contributed by atoms with Crippen molar-refractivity contribution in [1.82, 2.24) is 15.1 Å². The van der Waals surface area contributed by atoms with E-state index in [1.807, 2.05) is 0 Å². The average molecular weight is 516 g/mol. The van der Waals surface area contributed by atoms with Crippen molar-refractivity contribution >= 4 is 51.9 Å². The van der Waals surface area contributed by atoms with Crippen molar-refractivity contribution in [3.8, 4) is 0 Å². The first kappa shape index (κ1) is 24.9. The summed E-state index contributed by atoms with van der Waals surface area (Å²) in [6.45, 7) is 0.0253. The number of aliphatic carboxylic acids is 1. The predicted molar refractivity (Wildman–Crippen MR) is 132 cm³/mol. The second-order valence-corrected chi connectivity index (χ2v) is 8.75. The molecule has 7 N–H and O–H groups in total. The van der Waals surface area contributed by atoms with E-state index in [0.717, 1.165) is 0 Å². The van der Waals surface area contributed by atoms with Crippen LogP contribution in [0.1, 0.15) is 34.3 Å². The second-order valence-electron chi connectivity index (χ2n) is 8.31. The average Bonchev–Trinajstić information content (AvgIpc) is 3.23. The van der Waals surface area contributed by atoms with Gasteiger partial charge < -0.3 is 27.2 Å². The highest BCUT2D eigenvalue weighted by Crippen LogP contribution is 2.36.